The highest BCUT2D eigenvalue weighted by molar-refractivity contribution is 5.75. The SMILES string of the molecule is O=C(NC[C@@H]1COCCO1)N1CCC[C@H]1c1ccncc1. The molecule has 21 heavy (non-hydrogen) atoms. The number of urea groups is 1. The van der Waals surface area contributed by atoms with Crippen molar-refractivity contribution in [2.75, 3.05) is 32.9 Å². The fourth-order valence-electron chi connectivity index (χ4n) is 2.90. The molecule has 0 aromatic carbocycles. The highest BCUT2D eigenvalue weighted by Gasteiger charge is 2.30. The van der Waals surface area contributed by atoms with Gasteiger partial charge in [0.2, 0.25) is 0 Å². The smallest absolute Gasteiger partial charge is 0.318 e. The summed E-state index contributed by atoms with van der Waals surface area (Å²) >= 11 is 0. The molecule has 1 aromatic heterocycles. The zero-order valence-electron chi connectivity index (χ0n) is 12.0. The minimum atomic E-state index is -0.0373. The number of likely N-dealkylation sites (tertiary alicyclic amines) is 1. The fraction of sp³-hybridized carbons (Fsp3) is 0.600. The maximum absolute atomic E-state index is 12.4. The Kier molecular flexibility index (Phi) is 4.67. The second-order valence-corrected chi connectivity index (χ2v) is 5.39. The summed E-state index contributed by atoms with van der Waals surface area (Å²) in [6.45, 7) is 3.08. The average Bonchev–Trinajstić information content (AvgIpc) is 3.04. The van der Waals surface area contributed by atoms with Crippen molar-refractivity contribution < 1.29 is 14.3 Å². The predicted octanol–water partition coefficient (Wildman–Crippen LogP) is 1.34. The minimum Gasteiger partial charge on any atom is -0.376 e. The Morgan fingerprint density at radius 1 is 1.38 bits per heavy atom. The largest absolute Gasteiger partial charge is 0.376 e. The second kappa shape index (κ2) is 6.87. The first kappa shape index (κ1) is 14.3. The van der Waals surface area contributed by atoms with Gasteiger partial charge in [0.15, 0.2) is 0 Å². The zero-order chi connectivity index (χ0) is 14.5. The first-order valence-corrected chi connectivity index (χ1v) is 7.48. The first-order valence-electron chi connectivity index (χ1n) is 7.48. The van der Waals surface area contributed by atoms with Crippen LogP contribution in [0.25, 0.3) is 0 Å². The summed E-state index contributed by atoms with van der Waals surface area (Å²) in [5.74, 6) is 0. The number of hydrogen-bond donors (Lipinski definition) is 1. The lowest BCUT2D eigenvalue weighted by Gasteiger charge is -2.27. The molecule has 2 fully saturated rings. The standard InChI is InChI=1S/C15H21N3O3/c19-15(17-10-13-11-20-8-9-21-13)18-7-1-2-14(18)12-3-5-16-6-4-12/h3-6,13-14H,1-2,7-11H2,(H,17,19)/t13-,14+/m1/s1. The van der Waals surface area contributed by atoms with E-state index in [1.165, 1.54) is 0 Å². The molecule has 2 aliphatic rings. The summed E-state index contributed by atoms with van der Waals surface area (Å²) in [7, 11) is 0. The number of nitrogens with zero attached hydrogens (tertiary/aromatic N) is 2. The van der Waals surface area contributed by atoms with Crippen molar-refractivity contribution in [3.63, 3.8) is 0 Å². The van der Waals surface area contributed by atoms with Gasteiger partial charge in [-0.2, -0.15) is 0 Å². The van der Waals surface area contributed by atoms with Crippen LogP contribution in [0.15, 0.2) is 24.5 Å². The van der Waals surface area contributed by atoms with Crippen LogP contribution >= 0.6 is 0 Å². The van der Waals surface area contributed by atoms with Crippen LogP contribution in [0.5, 0.6) is 0 Å². The highest BCUT2D eigenvalue weighted by Crippen LogP contribution is 2.31. The van der Waals surface area contributed by atoms with Crippen LogP contribution in [-0.4, -0.2) is 54.9 Å². The quantitative estimate of drug-likeness (QED) is 0.913. The Hall–Kier alpha value is -1.66. The molecule has 2 saturated heterocycles. The van der Waals surface area contributed by atoms with Crippen LogP contribution in [0.1, 0.15) is 24.4 Å². The Balaban J connectivity index is 1.55. The first-order chi connectivity index (χ1) is 10.3. The second-order valence-electron chi connectivity index (χ2n) is 5.39. The van der Waals surface area contributed by atoms with E-state index in [0.29, 0.717) is 26.4 Å². The number of nitrogens with one attached hydrogen (secondary N) is 1. The molecular weight excluding hydrogens is 270 g/mol. The summed E-state index contributed by atoms with van der Waals surface area (Å²) in [5, 5.41) is 2.96. The number of carbonyl (C=O) groups excluding carboxylic acids is 1. The molecule has 0 radical (unpaired) electrons. The Labute approximate surface area is 124 Å². The molecule has 0 unspecified atom stereocenters. The van der Waals surface area contributed by atoms with E-state index >= 15 is 0 Å². The van der Waals surface area contributed by atoms with E-state index in [4.69, 9.17) is 9.47 Å². The van der Waals surface area contributed by atoms with Crippen LogP contribution in [0.4, 0.5) is 4.79 Å². The zero-order valence-corrected chi connectivity index (χ0v) is 12.0. The Morgan fingerprint density at radius 3 is 3.00 bits per heavy atom. The number of amides is 2. The number of aromatic nitrogens is 1. The van der Waals surface area contributed by atoms with Gasteiger partial charge in [0, 0.05) is 25.5 Å². The summed E-state index contributed by atoms with van der Waals surface area (Å²) in [6, 6.07) is 4.09. The Bertz CT molecular complexity index is 462. The molecule has 0 bridgehead atoms. The highest BCUT2D eigenvalue weighted by atomic mass is 16.6. The third-order valence-electron chi connectivity index (χ3n) is 3.97. The van der Waals surface area contributed by atoms with Crippen LogP contribution in [-0.2, 0) is 9.47 Å². The van der Waals surface area contributed by atoms with Gasteiger partial charge in [-0.15, -0.1) is 0 Å². The number of pyridine rings is 1. The van der Waals surface area contributed by atoms with Crippen molar-refractivity contribution in [1.29, 1.82) is 0 Å². The van der Waals surface area contributed by atoms with Crippen LogP contribution in [0, 0.1) is 0 Å². The molecule has 6 heteroatoms. The van der Waals surface area contributed by atoms with E-state index in [0.717, 1.165) is 24.9 Å². The summed E-state index contributed by atoms with van der Waals surface area (Å²) in [5.41, 5.74) is 1.15. The van der Waals surface area contributed by atoms with Gasteiger partial charge in [0.1, 0.15) is 0 Å². The van der Waals surface area contributed by atoms with Crippen molar-refractivity contribution >= 4 is 6.03 Å². The normalized spacial score (nSPS) is 25.8. The van der Waals surface area contributed by atoms with Crippen molar-refractivity contribution in [2.24, 2.45) is 0 Å². The van der Waals surface area contributed by atoms with Gasteiger partial charge < -0.3 is 19.7 Å². The number of ether oxygens (including phenoxy) is 2. The molecule has 6 nitrogen and oxygen atoms in total. The van der Waals surface area contributed by atoms with Crippen molar-refractivity contribution in [3.8, 4) is 0 Å². The van der Waals surface area contributed by atoms with Gasteiger partial charge in [-0.1, -0.05) is 0 Å². The summed E-state index contributed by atoms with van der Waals surface area (Å²) in [6.07, 6.45) is 5.54. The van der Waals surface area contributed by atoms with Gasteiger partial charge in [-0.05, 0) is 30.5 Å². The predicted molar refractivity (Wildman–Crippen MR) is 76.9 cm³/mol. The van der Waals surface area contributed by atoms with E-state index in [1.54, 1.807) is 12.4 Å². The van der Waals surface area contributed by atoms with Gasteiger partial charge in [0.25, 0.3) is 0 Å². The Morgan fingerprint density at radius 2 is 2.24 bits per heavy atom. The summed E-state index contributed by atoms with van der Waals surface area (Å²) < 4.78 is 10.9. The van der Waals surface area contributed by atoms with Gasteiger partial charge in [0.05, 0.1) is 32.0 Å². The van der Waals surface area contributed by atoms with Gasteiger partial charge >= 0.3 is 6.03 Å². The van der Waals surface area contributed by atoms with Gasteiger partial charge in [-0.25, -0.2) is 4.79 Å². The summed E-state index contributed by atoms with van der Waals surface area (Å²) in [4.78, 5) is 18.3. The van der Waals surface area contributed by atoms with E-state index in [2.05, 4.69) is 10.3 Å². The van der Waals surface area contributed by atoms with Crippen LogP contribution in [0.2, 0.25) is 0 Å². The minimum absolute atomic E-state index is 0.0246. The monoisotopic (exact) mass is 291 g/mol. The van der Waals surface area contributed by atoms with Gasteiger partial charge in [-0.3, -0.25) is 4.98 Å². The van der Waals surface area contributed by atoms with Crippen molar-refractivity contribution in [3.05, 3.63) is 30.1 Å². The fourth-order valence-corrected chi connectivity index (χ4v) is 2.90. The van der Waals surface area contributed by atoms with Crippen molar-refractivity contribution in [1.82, 2.24) is 15.2 Å². The average molecular weight is 291 g/mol. The van der Waals surface area contributed by atoms with E-state index in [9.17, 15) is 4.79 Å². The van der Waals surface area contributed by atoms with E-state index < -0.39 is 0 Å². The molecule has 0 saturated carbocycles. The topological polar surface area (TPSA) is 63.7 Å². The molecule has 114 valence electrons. The molecule has 2 atom stereocenters. The lowest BCUT2D eigenvalue weighted by atomic mass is 10.1. The molecular formula is C15H21N3O3. The van der Waals surface area contributed by atoms with Crippen LogP contribution in [0.3, 0.4) is 0 Å². The van der Waals surface area contributed by atoms with Crippen LogP contribution < -0.4 is 5.32 Å². The lowest BCUT2D eigenvalue weighted by Crippen LogP contribution is -2.45. The molecule has 2 aliphatic heterocycles. The lowest BCUT2D eigenvalue weighted by molar-refractivity contribution is -0.0856. The van der Waals surface area contributed by atoms with Crippen molar-refractivity contribution in [2.45, 2.75) is 25.0 Å². The molecule has 1 N–H and O–H groups in total. The molecule has 1 aromatic rings. The number of carbonyl (C=O) groups is 1. The molecule has 0 aliphatic carbocycles. The number of hydrogen-bond acceptors (Lipinski definition) is 4. The maximum Gasteiger partial charge on any atom is 0.318 e. The number of rotatable bonds is 3. The molecule has 2 amide bonds. The maximum atomic E-state index is 12.4. The third kappa shape index (κ3) is 3.51. The third-order valence-corrected chi connectivity index (χ3v) is 3.97. The van der Waals surface area contributed by atoms with E-state index in [1.807, 2.05) is 17.0 Å². The molecule has 3 rings (SSSR count). The molecule has 0 spiro atoms. The molecule has 3 heterocycles. The van der Waals surface area contributed by atoms with E-state index in [-0.39, 0.29) is 18.2 Å².